The van der Waals surface area contributed by atoms with Crippen LogP contribution in [0.1, 0.15) is 15.9 Å². The van der Waals surface area contributed by atoms with Crippen LogP contribution in [-0.2, 0) is 0 Å². The number of amides is 1. The molecule has 1 amide bonds. The first-order chi connectivity index (χ1) is 13.0. The Morgan fingerprint density at radius 3 is 2.37 bits per heavy atom. The van der Waals surface area contributed by atoms with Crippen LogP contribution in [0.5, 0.6) is 0 Å². The molecule has 0 N–H and O–H groups in total. The lowest BCUT2D eigenvalue weighted by molar-refractivity contribution is 0.0747. The molecule has 27 heavy (non-hydrogen) atoms. The van der Waals surface area contributed by atoms with E-state index >= 15 is 0 Å². The summed E-state index contributed by atoms with van der Waals surface area (Å²) in [7, 11) is 4.00. The van der Waals surface area contributed by atoms with Gasteiger partial charge in [0.2, 0.25) is 0 Å². The third-order valence-corrected chi connectivity index (χ3v) is 6.16. The normalized spacial score (nSPS) is 14.6. The molecule has 6 heteroatoms. The fourth-order valence-corrected chi connectivity index (χ4v) is 4.49. The van der Waals surface area contributed by atoms with E-state index in [1.54, 1.807) is 11.3 Å². The highest BCUT2D eigenvalue weighted by Crippen LogP contribution is 2.31. The molecule has 2 aromatic carbocycles. The van der Waals surface area contributed by atoms with E-state index in [1.807, 2.05) is 48.2 Å². The predicted octanol–water partition coefficient (Wildman–Crippen LogP) is 3.63. The molecule has 3 aromatic rings. The number of carbonyl (C=O) groups is 1. The summed E-state index contributed by atoms with van der Waals surface area (Å²) >= 11 is 1.73. The average molecular weight is 381 g/mol. The number of rotatable bonds is 3. The minimum absolute atomic E-state index is 0.111. The number of fused-ring (bicyclic) bond motifs is 1. The Labute approximate surface area is 163 Å². The number of piperazine rings is 1. The summed E-state index contributed by atoms with van der Waals surface area (Å²) in [6.07, 6.45) is 0. The number of aromatic nitrogens is 1. The first-order valence-corrected chi connectivity index (χ1v) is 10.0. The Bertz CT molecular complexity index is 956. The SMILES string of the molecule is Cc1cccc2sc(N3CCN(C(=O)c4ccc(N(C)C)cc4)CC3)nc12. The largest absolute Gasteiger partial charge is 0.378 e. The Kier molecular flexibility index (Phi) is 4.74. The average Bonchev–Trinajstić information content (AvgIpc) is 3.13. The number of para-hydroxylation sites is 1. The van der Waals surface area contributed by atoms with E-state index < -0.39 is 0 Å². The van der Waals surface area contributed by atoms with Crippen molar-refractivity contribution < 1.29 is 4.79 Å². The van der Waals surface area contributed by atoms with Crippen molar-refractivity contribution in [3.05, 3.63) is 53.6 Å². The summed E-state index contributed by atoms with van der Waals surface area (Å²) in [6.45, 7) is 5.19. The Morgan fingerprint density at radius 2 is 1.74 bits per heavy atom. The van der Waals surface area contributed by atoms with E-state index in [2.05, 4.69) is 30.0 Å². The molecule has 140 valence electrons. The maximum Gasteiger partial charge on any atom is 0.253 e. The molecule has 5 nitrogen and oxygen atoms in total. The number of hydrogen-bond acceptors (Lipinski definition) is 5. The summed E-state index contributed by atoms with van der Waals surface area (Å²) in [5.41, 5.74) is 4.16. The van der Waals surface area contributed by atoms with Crippen LogP contribution < -0.4 is 9.80 Å². The summed E-state index contributed by atoms with van der Waals surface area (Å²) in [5.74, 6) is 0.111. The van der Waals surface area contributed by atoms with Gasteiger partial charge >= 0.3 is 0 Å². The summed E-state index contributed by atoms with van der Waals surface area (Å²) in [6, 6.07) is 14.1. The third-order valence-electron chi connectivity index (χ3n) is 5.08. The van der Waals surface area contributed by atoms with E-state index in [0.717, 1.165) is 48.1 Å². The minimum Gasteiger partial charge on any atom is -0.378 e. The number of anilines is 2. The van der Waals surface area contributed by atoms with Crippen LogP contribution >= 0.6 is 11.3 Å². The highest BCUT2D eigenvalue weighted by Gasteiger charge is 2.24. The van der Waals surface area contributed by atoms with Crippen molar-refractivity contribution in [1.82, 2.24) is 9.88 Å². The number of thiazole rings is 1. The quantitative estimate of drug-likeness (QED) is 0.696. The van der Waals surface area contributed by atoms with Crippen LogP contribution in [0.3, 0.4) is 0 Å². The van der Waals surface area contributed by atoms with Crippen LogP contribution in [0.25, 0.3) is 10.2 Å². The van der Waals surface area contributed by atoms with Gasteiger partial charge in [-0.05, 0) is 42.8 Å². The molecule has 0 atom stereocenters. The monoisotopic (exact) mass is 380 g/mol. The summed E-state index contributed by atoms with van der Waals surface area (Å²) in [5, 5.41) is 1.06. The van der Waals surface area contributed by atoms with E-state index in [9.17, 15) is 4.79 Å². The molecule has 0 spiro atoms. The number of nitrogens with zero attached hydrogens (tertiary/aromatic N) is 4. The van der Waals surface area contributed by atoms with Gasteiger partial charge in [0.15, 0.2) is 5.13 Å². The second-order valence-corrected chi connectivity index (χ2v) is 8.15. The van der Waals surface area contributed by atoms with Crippen LogP contribution in [0.4, 0.5) is 10.8 Å². The zero-order valence-corrected chi connectivity index (χ0v) is 16.8. The lowest BCUT2D eigenvalue weighted by atomic mass is 10.1. The molecule has 0 saturated carbocycles. The van der Waals surface area contributed by atoms with Gasteiger partial charge in [0.1, 0.15) is 0 Å². The highest BCUT2D eigenvalue weighted by atomic mass is 32.1. The van der Waals surface area contributed by atoms with Crippen molar-refractivity contribution in [2.24, 2.45) is 0 Å². The Morgan fingerprint density at radius 1 is 1.04 bits per heavy atom. The number of aryl methyl sites for hydroxylation is 1. The zero-order chi connectivity index (χ0) is 19.0. The topological polar surface area (TPSA) is 39.7 Å². The van der Waals surface area contributed by atoms with Gasteiger partial charge < -0.3 is 14.7 Å². The molecule has 0 unspecified atom stereocenters. The zero-order valence-electron chi connectivity index (χ0n) is 16.0. The molecular formula is C21H24N4OS. The fourth-order valence-electron chi connectivity index (χ4n) is 3.40. The van der Waals surface area contributed by atoms with Crippen LogP contribution in [-0.4, -0.2) is 56.1 Å². The molecule has 1 aliphatic rings. The number of benzene rings is 2. The summed E-state index contributed by atoms with van der Waals surface area (Å²) < 4.78 is 1.23. The van der Waals surface area contributed by atoms with Crippen LogP contribution in [0, 0.1) is 6.92 Å². The molecule has 0 bridgehead atoms. The molecule has 2 heterocycles. The Balaban J connectivity index is 1.43. The third kappa shape index (κ3) is 3.49. The van der Waals surface area contributed by atoms with E-state index in [0.29, 0.717) is 0 Å². The lowest BCUT2D eigenvalue weighted by Gasteiger charge is -2.34. The van der Waals surface area contributed by atoms with Crippen molar-refractivity contribution in [2.45, 2.75) is 6.92 Å². The van der Waals surface area contributed by atoms with Gasteiger partial charge in [0.05, 0.1) is 10.2 Å². The van der Waals surface area contributed by atoms with Gasteiger partial charge in [-0.1, -0.05) is 23.5 Å². The van der Waals surface area contributed by atoms with Gasteiger partial charge in [-0.15, -0.1) is 0 Å². The van der Waals surface area contributed by atoms with E-state index in [1.165, 1.54) is 10.3 Å². The van der Waals surface area contributed by atoms with Crippen molar-refractivity contribution in [1.29, 1.82) is 0 Å². The highest BCUT2D eigenvalue weighted by molar-refractivity contribution is 7.22. The van der Waals surface area contributed by atoms with Gasteiger partial charge in [-0.25, -0.2) is 4.98 Å². The van der Waals surface area contributed by atoms with Crippen molar-refractivity contribution >= 4 is 38.3 Å². The van der Waals surface area contributed by atoms with Gasteiger partial charge in [-0.2, -0.15) is 0 Å². The standard InChI is InChI=1S/C21H24N4OS/c1-15-5-4-6-18-19(15)22-21(27-18)25-13-11-24(12-14-25)20(26)16-7-9-17(10-8-16)23(2)3/h4-10H,11-14H2,1-3H3. The lowest BCUT2D eigenvalue weighted by Crippen LogP contribution is -2.48. The van der Waals surface area contributed by atoms with Crippen molar-refractivity contribution in [3.8, 4) is 0 Å². The van der Waals surface area contributed by atoms with Crippen molar-refractivity contribution in [2.75, 3.05) is 50.1 Å². The minimum atomic E-state index is 0.111. The molecule has 1 aromatic heterocycles. The predicted molar refractivity (Wildman–Crippen MR) is 113 cm³/mol. The summed E-state index contributed by atoms with van der Waals surface area (Å²) in [4.78, 5) is 23.9. The van der Waals surface area contributed by atoms with Crippen molar-refractivity contribution in [3.63, 3.8) is 0 Å². The van der Waals surface area contributed by atoms with Gasteiger partial charge in [0, 0.05) is 51.5 Å². The molecule has 1 saturated heterocycles. The first kappa shape index (κ1) is 17.8. The van der Waals surface area contributed by atoms with Gasteiger partial charge in [-0.3, -0.25) is 4.79 Å². The van der Waals surface area contributed by atoms with Crippen LogP contribution in [0.2, 0.25) is 0 Å². The molecule has 1 fully saturated rings. The maximum atomic E-state index is 12.8. The molecular weight excluding hydrogens is 356 g/mol. The Hall–Kier alpha value is -2.60. The van der Waals surface area contributed by atoms with Gasteiger partial charge in [0.25, 0.3) is 5.91 Å². The smallest absolute Gasteiger partial charge is 0.253 e. The molecule has 1 aliphatic heterocycles. The fraction of sp³-hybridized carbons (Fsp3) is 0.333. The molecule has 4 rings (SSSR count). The second kappa shape index (κ2) is 7.19. The number of hydrogen-bond donors (Lipinski definition) is 0. The van der Waals surface area contributed by atoms with E-state index in [4.69, 9.17) is 4.98 Å². The molecule has 0 aliphatic carbocycles. The van der Waals surface area contributed by atoms with Crippen LogP contribution in [0.15, 0.2) is 42.5 Å². The second-order valence-electron chi connectivity index (χ2n) is 7.14. The molecule has 0 radical (unpaired) electrons. The number of carbonyl (C=O) groups excluding carboxylic acids is 1. The first-order valence-electron chi connectivity index (χ1n) is 9.21. The maximum absolute atomic E-state index is 12.8. The van der Waals surface area contributed by atoms with E-state index in [-0.39, 0.29) is 5.91 Å².